The highest BCUT2D eigenvalue weighted by Crippen LogP contribution is 2.30. The molecule has 1 aliphatic heterocycles. The predicted octanol–water partition coefficient (Wildman–Crippen LogP) is 2.43. The summed E-state index contributed by atoms with van der Waals surface area (Å²) in [4.78, 5) is 10.8. The molecule has 1 saturated heterocycles. The number of ether oxygens (including phenoxy) is 1. The van der Waals surface area contributed by atoms with Crippen LogP contribution in [0.4, 0.5) is 13.2 Å². The lowest BCUT2D eigenvalue weighted by Crippen LogP contribution is -2.29. The van der Waals surface area contributed by atoms with E-state index in [1.54, 1.807) is 19.1 Å². The van der Waals surface area contributed by atoms with Crippen molar-refractivity contribution in [3.05, 3.63) is 35.6 Å². The Morgan fingerprint density at radius 2 is 2.26 bits per heavy atom. The van der Waals surface area contributed by atoms with E-state index in [1.807, 2.05) is 0 Å². The molecule has 0 aliphatic carbocycles. The van der Waals surface area contributed by atoms with Crippen LogP contribution in [0.2, 0.25) is 0 Å². The van der Waals surface area contributed by atoms with Crippen molar-refractivity contribution < 1.29 is 22.7 Å². The van der Waals surface area contributed by atoms with Gasteiger partial charge in [0.25, 0.3) is 0 Å². The monoisotopic (exact) mass is 273 g/mol. The molecule has 0 radical (unpaired) electrons. The Hall–Kier alpha value is -1.56. The predicted molar refractivity (Wildman–Crippen MR) is 62.3 cm³/mol. The van der Waals surface area contributed by atoms with Gasteiger partial charge in [-0.05, 0) is 24.6 Å². The van der Waals surface area contributed by atoms with E-state index in [1.165, 1.54) is 12.1 Å². The molecule has 19 heavy (non-hydrogen) atoms. The third-order valence-corrected chi connectivity index (χ3v) is 3.06. The highest BCUT2D eigenvalue weighted by molar-refractivity contribution is 5.79. The van der Waals surface area contributed by atoms with Crippen molar-refractivity contribution in [1.82, 2.24) is 5.32 Å². The smallest absolute Gasteiger partial charge is 0.377 e. The Labute approximate surface area is 108 Å². The molecule has 1 fully saturated rings. The second kappa shape index (κ2) is 5.21. The van der Waals surface area contributed by atoms with Gasteiger partial charge in [-0.1, -0.05) is 12.1 Å². The third-order valence-electron chi connectivity index (χ3n) is 3.06. The number of esters is 1. The Bertz CT molecular complexity index is 479. The van der Waals surface area contributed by atoms with Crippen LogP contribution >= 0.6 is 0 Å². The number of halogens is 3. The van der Waals surface area contributed by atoms with Gasteiger partial charge in [0.2, 0.25) is 0 Å². The van der Waals surface area contributed by atoms with Crippen LogP contribution in [0.15, 0.2) is 24.3 Å². The van der Waals surface area contributed by atoms with Gasteiger partial charge in [0.1, 0.15) is 11.9 Å². The van der Waals surface area contributed by atoms with Gasteiger partial charge in [-0.25, -0.2) is 9.18 Å². The van der Waals surface area contributed by atoms with Gasteiger partial charge in [0.05, 0.1) is 6.42 Å². The highest BCUT2D eigenvalue weighted by Gasteiger charge is 2.50. The summed E-state index contributed by atoms with van der Waals surface area (Å²) in [5.74, 6) is -5.23. The summed E-state index contributed by atoms with van der Waals surface area (Å²) in [5.41, 5.74) is 0.705. The van der Waals surface area contributed by atoms with Crippen molar-refractivity contribution in [3.63, 3.8) is 0 Å². The van der Waals surface area contributed by atoms with E-state index < -0.39 is 24.4 Å². The average molecular weight is 273 g/mol. The molecule has 0 saturated carbocycles. The first-order valence-electron chi connectivity index (χ1n) is 5.96. The van der Waals surface area contributed by atoms with Crippen molar-refractivity contribution in [2.45, 2.75) is 31.4 Å². The molecule has 2 atom stereocenters. The number of rotatable bonds is 4. The van der Waals surface area contributed by atoms with Crippen LogP contribution in [0, 0.1) is 5.82 Å². The number of carbonyl (C=O) groups is 1. The normalized spacial score (nSPS) is 23.2. The maximum atomic E-state index is 13.0. The lowest BCUT2D eigenvalue weighted by Gasteiger charge is -2.16. The van der Waals surface area contributed by atoms with Crippen LogP contribution in [-0.4, -0.2) is 24.5 Å². The summed E-state index contributed by atoms with van der Waals surface area (Å²) in [6.07, 6.45) is -1.46. The zero-order valence-electron chi connectivity index (χ0n) is 10.3. The Kier molecular flexibility index (Phi) is 3.80. The van der Waals surface area contributed by atoms with Crippen molar-refractivity contribution in [3.8, 4) is 0 Å². The highest BCUT2D eigenvalue weighted by atomic mass is 19.3. The van der Waals surface area contributed by atoms with Crippen molar-refractivity contribution in [2.24, 2.45) is 0 Å². The number of benzene rings is 1. The summed E-state index contributed by atoms with van der Waals surface area (Å²) < 4.78 is 43.5. The molecule has 0 aromatic heterocycles. The minimum atomic E-state index is -3.39. The molecule has 0 bridgehead atoms. The van der Waals surface area contributed by atoms with E-state index >= 15 is 0 Å². The zero-order valence-corrected chi connectivity index (χ0v) is 10.3. The standard InChI is InChI=1S/C13H14F3NO2/c1-8(9-3-2-4-10(14)5-9)17-7-11-6-13(15,16)12(18)19-11/h2-5,8,11,17H,6-7H2,1H3. The first kappa shape index (κ1) is 13.9. The number of cyclic esters (lactones) is 1. The van der Waals surface area contributed by atoms with E-state index in [0.29, 0.717) is 5.56 Å². The van der Waals surface area contributed by atoms with E-state index in [0.717, 1.165) is 0 Å². The number of hydrogen-bond donors (Lipinski definition) is 1. The lowest BCUT2D eigenvalue weighted by atomic mass is 10.1. The second-order valence-corrected chi connectivity index (χ2v) is 4.62. The van der Waals surface area contributed by atoms with Crippen molar-refractivity contribution >= 4 is 5.97 Å². The summed E-state index contributed by atoms with van der Waals surface area (Å²) in [7, 11) is 0. The topological polar surface area (TPSA) is 38.3 Å². The van der Waals surface area contributed by atoms with E-state index in [-0.39, 0.29) is 18.4 Å². The minimum Gasteiger partial charge on any atom is -0.456 e. The molecule has 104 valence electrons. The Morgan fingerprint density at radius 3 is 2.84 bits per heavy atom. The molecule has 0 amide bonds. The molecule has 1 heterocycles. The first-order valence-corrected chi connectivity index (χ1v) is 5.96. The van der Waals surface area contributed by atoms with Crippen LogP contribution in [0.5, 0.6) is 0 Å². The fraction of sp³-hybridized carbons (Fsp3) is 0.462. The van der Waals surface area contributed by atoms with Crippen LogP contribution in [0.1, 0.15) is 24.9 Å². The average Bonchev–Trinajstić information content (AvgIpc) is 2.60. The largest absolute Gasteiger partial charge is 0.456 e. The van der Waals surface area contributed by atoms with Crippen molar-refractivity contribution in [2.75, 3.05) is 6.54 Å². The summed E-state index contributed by atoms with van der Waals surface area (Å²) in [6, 6.07) is 5.79. The minimum absolute atomic E-state index is 0.110. The molecule has 2 rings (SSSR count). The molecular weight excluding hydrogens is 259 g/mol. The molecule has 1 N–H and O–H groups in total. The molecule has 1 aromatic rings. The molecule has 1 aliphatic rings. The second-order valence-electron chi connectivity index (χ2n) is 4.62. The van der Waals surface area contributed by atoms with Crippen LogP contribution in [0.3, 0.4) is 0 Å². The molecule has 1 aromatic carbocycles. The maximum Gasteiger partial charge on any atom is 0.377 e. The zero-order chi connectivity index (χ0) is 14.0. The molecule has 2 unspecified atom stereocenters. The Morgan fingerprint density at radius 1 is 1.53 bits per heavy atom. The third kappa shape index (κ3) is 3.26. The summed E-state index contributed by atoms with van der Waals surface area (Å²) >= 11 is 0. The fourth-order valence-electron chi connectivity index (χ4n) is 1.96. The number of hydrogen-bond acceptors (Lipinski definition) is 3. The van der Waals surface area contributed by atoms with Gasteiger partial charge in [-0.15, -0.1) is 0 Å². The molecule has 3 nitrogen and oxygen atoms in total. The number of carbonyl (C=O) groups excluding carboxylic acids is 1. The molecule has 6 heteroatoms. The van der Waals surface area contributed by atoms with Crippen LogP contribution < -0.4 is 5.32 Å². The first-order chi connectivity index (χ1) is 8.88. The summed E-state index contributed by atoms with van der Waals surface area (Å²) in [6.45, 7) is 1.89. The fourth-order valence-corrected chi connectivity index (χ4v) is 1.96. The van der Waals surface area contributed by atoms with Crippen LogP contribution in [-0.2, 0) is 9.53 Å². The van der Waals surface area contributed by atoms with Gasteiger partial charge in [-0.2, -0.15) is 8.78 Å². The lowest BCUT2D eigenvalue weighted by molar-refractivity contribution is -0.159. The van der Waals surface area contributed by atoms with Crippen molar-refractivity contribution in [1.29, 1.82) is 0 Å². The van der Waals surface area contributed by atoms with Gasteiger partial charge < -0.3 is 10.1 Å². The quantitative estimate of drug-likeness (QED) is 0.856. The molecule has 0 spiro atoms. The SMILES string of the molecule is CC(NCC1CC(F)(F)C(=O)O1)c1cccc(F)c1. The summed E-state index contributed by atoms with van der Waals surface area (Å²) in [5, 5.41) is 2.95. The van der Waals surface area contributed by atoms with E-state index in [2.05, 4.69) is 10.1 Å². The van der Waals surface area contributed by atoms with Gasteiger partial charge in [0, 0.05) is 12.6 Å². The number of alkyl halides is 2. The number of nitrogens with one attached hydrogen (secondary N) is 1. The van der Waals surface area contributed by atoms with E-state index in [4.69, 9.17) is 0 Å². The van der Waals surface area contributed by atoms with E-state index in [9.17, 15) is 18.0 Å². The Balaban J connectivity index is 1.88. The van der Waals surface area contributed by atoms with Crippen LogP contribution in [0.25, 0.3) is 0 Å². The van der Waals surface area contributed by atoms with Gasteiger partial charge in [0.15, 0.2) is 0 Å². The van der Waals surface area contributed by atoms with Gasteiger partial charge in [-0.3, -0.25) is 0 Å². The molecular formula is C13H14F3NO2. The maximum absolute atomic E-state index is 13.0. The van der Waals surface area contributed by atoms with Gasteiger partial charge >= 0.3 is 11.9 Å².